The predicted octanol–water partition coefficient (Wildman–Crippen LogP) is 3.35. The lowest BCUT2D eigenvalue weighted by Crippen LogP contribution is -2.04. The van der Waals surface area contributed by atoms with Crippen LogP contribution in [-0.4, -0.2) is 23.3 Å². The van der Waals surface area contributed by atoms with Gasteiger partial charge in [-0.25, -0.2) is 9.37 Å². The maximum Gasteiger partial charge on any atom is 0.125 e. The Morgan fingerprint density at radius 3 is 2.70 bits per heavy atom. The Labute approximate surface area is 116 Å². The summed E-state index contributed by atoms with van der Waals surface area (Å²) < 4.78 is 20.6. The SMILES string of the molecule is COCCc1nc2ccc(F)cc2n1-c1ccccc1. The molecule has 20 heavy (non-hydrogen) atoms. The molecular weight excluding hydrogens is 255 g/mol. The van der Waals surface area contributed by atoms with Crippen molar-refractivity contribution >= 4 is 11.0 Å². The summed E-state index contributed by atoms with van der Waals surface area (Å²) in [5.41, 5.74) is 2.55. The second kappa shape index (κ2) is 5.43. The standard InChI is InChI=1S/C16H15FN2O/c1-20-10-9-16-18-14-8-7-12(17)11-15(14)19(16)13-5-3-2-4-6-13/h2-8,11H,9-10H2,1H3. The van der Waals surface area contributed by atoms with Crippen molar-refractivity contribution in [1.29, 1.82) is 0 Å². The summed E-state index contributed by atoms with van der Waals surface area (Å²) in [6.07, 6.45) is 0.682. The van der Waals surface area contributed by atoms with Gasteiger partial charge in [0.15, 0.2) is 0 Å². The number of hydrogen-bond acceptors (Lipinski definition) is 2. The molecule has 4 heteroatoms. The number of hydrogen-bond donors (Lipinski definition) is 0. The second-order valence-electron chi connectivity index (χ2n) is 4.57. The van der Waals surface area contributed by atoms with Crippen LogP contribution in [0.3, 0.4) is 0 Å². The highest BCUT2D eigenvalue weighted by Gasteiger charge is 2.12. The van der Waals surface area contributed by atoms with Crippen LogP contribution in [0.2, 0.25) is 0 Å². The summed E-state index contributed by atoms with van der Waals surface area (Å²) >= 11 is 0. The Bertz CT molecular complexity index is 722. The first-order valence-electron chi connectivity index (χ1n) is 6.51. The van der Waals surface area contributed by atoms with Crippen LogP contribution >= 0.6 is 0 Å². The van der Waals surface area contributed by atoms with Gasteiger partial charge in [0, 0.05) is 25.3 Å². The van der Waals surface area contributed by atoms with Crippen molar-refractivity contribution in [3.63, 3.8) is 0 Å². The number of ether oxygens (including phenoxy) is 1. The predicted molar refractivity (Wildman–Crippen MR) is 76.6 cm³/mol. The lowest BCUT2D eigenvalue weighted by Gasteiger charge is -2.08. The molecule has 0 unspecified atom stereocenters. The van der Waals surface area contributed by atoms with Gasteiger partial charge in [-0.3, -0.25) is 4.57 Å². The molecule has 0 N–H and O–H groups in total. The molecule has 0 saturated heterocycles. The van der Waals surface area contributed by atoms with Crippen LogP contribution in [0.1, 0.15) is 5.82 Å². The maximum absolute atomic E-state index is 13.5. The zero-order chi connectivity index (χ0) is 13.9. The van der Waals surface area contributed by atoms with E-state index in [1.54, 1.807) is 13.2 Å². The molecule has 3 rings (SSSR count). The Morgan fingerprint density at radius 2 is 1.95 bits per heavy atom. The maximum atomic E-state index is 13.5. The number of rotatable bonds is 4. The molecule has 0 aliphatic rings. The van der Waals surface area contributed by atoms with E-state index in [2.05, 4.69) is 4.98 Å². The van der Waals surface area contributed by atoms with Crippen molar-refractivity contribution in [3.8, 4) is 5.69 Å². The number of fused-ring (bicyclic) bond motifs is 1. The molecule has 1 heterocycles. The molecular formula is C16H15FN2O. The van der Waals surface area contributed by atoms with E-state index in [0.29, 0.717) is 13.0 Å². The molecule has 0 atom stereocenters. The highest BCUT2D eigenvalue weighted by Crippen LogP contribution is 2.22. The van der Waals surface area contributed by atoms with Gasteiger partial charge in [-0.05, 0) is 24.3 Å². The van der Waals surface area contributed by atoms with Crippen LogP contribution < -0.4 is 0 Å². The lowest BCUT2D eigenvalue weighted by atomic mass is 10.2. The minimum Gasteiger partial charge on any atom is -0.384 e. The molecule has 0 amide bonds. The molecule has 3 aromatic rings. The summed E-state index contributed by atoms with van der Waals surface area (Å²) in [5, 5.41) is 0. The molecule has 2 aromatic carbocycles. The van der Waals surface area contributed by atoms with Crippen LogP contribution in [-0.2, 0) is 11.2 Å². The fourth-order valence-corrected chi connectivity index (χ4v) is 2.32. The van der Waals surface area contributed by atoms with Crippen LogP contribution in [0.5, 0.6) is 0 Å². The third-order valence-corrected chi connectivity index (χ3v) is 3.23. The number of imidazole rings is 1. The Morgan fingerprint density at radius 1 is 1.15 bits per heavy atom. The van der Waals surface area contributed by atoms with Gasteiger partial charge in [-0.1, -0.05) is 18.2 Å². The first kappa shape index (κ1) is 12.8. The van der Waals surface area contributed by atoms with Crippen LogP contribution in [0.15, 0.2) is 48.5 Å². The van der Waals surface area contributed by atoms with Gasteiger partial charge < -0.3 is 4.74 Å². The van der Waals surface area contributed by atoms with Gasteiger partial charge in [-0.15, -0.1) is 0 Å². The molecule has 0 saturated carbocycles. The zero-order valence-electron chi connectivity index (χ0n) is 11.2. The van der Waals surface area contributed by atoms with Crippen molar-refractivity contribution in [2.75, 3.05) is 13.7 Å². The summed E-state index contributed by atoms with van der Waals surface area (Å²) in [6, 6.07) is 14.5. The molecule has 0 fully saturated rings. The first-order chi connectivity index (χ1) is 9.79. The van der Waals surface area contributed by atoms with Crippen LogP contribution in [0, 0.1) is 5.82 Å². The number of halogens is 1. The largest absolute Gasteiger partial charge is 0.384 e. The third kappa shape index (κ3) is 2.30. The summed E-state index contributed by atoms with van der Waals surface area (Å²) in [4.78, 5) is 4.58. The van der Waals surface area contributed by atoms with E-state index in [-0.39, 0.29) is 5.82 Å². The molecule has 3 nitrogen and oxygen atoms in total. The normalized spacial score (nSPS) is 11.1. The van der Waals surface area contributed by atoms with E-state index in [1.807, 2.05) is 34.9 Å². The Kier molecular flexibility index (Phi) is 3.48. The third-order valence-electron chi connectivity index (χ3n) is 3.23. The molecule has 0 radical (unpaired) electrons. The van der Waals surface area contributed by atoms with Gasteiger partial charge in [0.05, 0.1) is 17.6 Å². The number of benzene rings is 2. The minimum atomic E-state index is -0.257. The van der Waals surface area contributed by atoms with E-state index in [4.69, 9.17) is 4.74 Å². The van der Waals surface area contributed by atoms with Gasteiger partial charge in [-0.2, -0.15) is 0 Å². The van der Waals surface area contributed by atoms with Gasteiger partial charge in [0.1, 0.15) is 11.6 Å². The molecule has 0 spiro atoms. The first-order valence-corrected chi connectivity index (χ1v) is 6.51. The molecule has 0 bridgehead atoms. The fourth-order valence-electron chi connectivity index (χ4n) is 2.32. The summed E-state index contributed by atoms with van der Waals surface area (Å²) in [6.45, 7) is 0.582. The molecule has 1 aromatic heterocycles. The van der Waals surface area contributed by atoms with E-state index in [1.165, 1.54) is 12.1 Å². The summed E-state index contributed by atoms with van der Waals surface area (Å²) in [5.74, 6) is 0.617. The topological polar surface area (TPSA) is 27.1 Å². The van der Waals surface area contributed by atoms with Crippen molar-refractivity contribution in [2.24, 2.45) is 0 Å². The monoisotopic (exact) mass is 270 g/mol. The van der Waals surface area contributed by atoms with Crippen molar-refractivity contribution in [2.45, 2.75) is 6.42 Å². The summed E-state index contributed by atoms with van der Waals surface area (Å²) in [7, 11) is 1.66. The lowest BCUT2D eigenvalue weighted by molar-refractivity contribution is 0.200. The van der Waals surface area contributed by atoms with Gasteiger partial charge in [0.25, 0.3) is 0 Å². The van der Waals surface area contributed by atoms with Crippen LogP contribution in [0.25, 0.3) is 16.7 Å². The van der Waals surface area contributed by atoms with Gasteiger partial charge >= 0.3 is 0 Å². The average Bonchev–Trinajstić information content (AvgIpc) is 2.83. The van der Waals surface area contributed by atoms with E-state index >= 15 is 0 Å². The average molecular weight is 270 g/mol. The van der Waals surface area contributed by atoms with E-state index in [9.17, 15) is 4.39 Å². The Balaban J connectivity index is 2.22. The molecule has 0 aliphatic carbocycles. The van der Waals surface area contributed by atoms with Gasteiger partial charge in [0.2, 0.25) is 0 Å². The Hall–Kier alpha value is -2.20. The minimum absolute atomic E-state index is 0.257. The second-order valence-corrected chi connectivity index (χ2v) is 4.57. The highest BCUT2D eigenvalue weighted by molar-refractivity contribution is 5.78. The van der Waals surface area contributed by atoms with E-state index in [0.717, 1.165) is 22.5 Å². The van der Waals surface area contributed by atoms with Crippen molar-refractivity contribution in [1.82, 2.24) is 9.55 Å². The van der Waals surface area contributed by atoms with E-state index < -0.39 is 0 Å². The number of methoxy groups -OCH3 is 1. The smallest absolute Gasteiger partial charge is 0.125 e. The van der Waals surface area contributed by atoms with Crippen molar-refractivity contribution in [3.05, 3.63) is 60.2 Å². The van der Waals surface area contributed by atoms with Crippen molar-refractivity contribution < 1.29 is 9.13 Å². The zero-order valence-corrected chi connectivity index (χ0v) is 11.2. The fraction of sp³-hybridized carbons (Fsp3) is 0.188. The quantitative estimate of drug-likeness (QED) is 0.727. The molecule has 0 aliphatic heterocycles. The highest BCUT2D eigenvalue weighted by atomic mass is 19.1. The molecule has 102 valence electrons. The number of aromatic nitrogens is 2. The van der Waals surface area contributed by atoms with Crippen LogP contribution in [0.4, 0.5) is 4.39 Å². The number of para-hydroxylation sites is 1. The number of nitrogens with zero attached hydrogens (tertiary/aromatic N) is 2.